The van der Waals surface area contributed by atoms with Crippen molar-refractivity contribution in [3.8, 4) is 0 Å². The summed E-state index contributed by atoms with van der Waals surface area (Å²) in [5.74, 6) is 0.945. The number of thioether (sulfide) groups is 1. The molecule has 0 spiro atoms. The number of nitrogens with zero attached hydrogens (tertiary/aromatic N) is 3. The fraction of sp³-hybridized carbons (Fsp3) is 0.632. The van der Waals surface area contributed by atoms with E-state index in [2.05, 4.69) is 29.1 Å². The molecule has 166 valence electrons. The molecule has 11 heteroatoms. The fourth-order valence-corrected chi connectivity index (χ4v) is 4.37. The lowest BCUT2D eigenvalue weighted by Gasteiger charge is -2.28. The highest BCUT2D eigenvalue weighted by molar-refractivity contribution is 7.99. The van der Waals surface area contributed by atoms with Gasteiger partial charge in [0.15, 0.2) is 11.5 Å². The third-order valence-corrected chi connectivity index (χ3v) is 6.16. The van der Waals surface area contributed by atoms with Crippen molar-refractivity contribution in [2.75, 3.05) is 30.0 Å². The van der Waals surface area contributed by atoms with Crippen molar-refractivity contribution in [2.24, 2.45) is 11.7 Å². The summed E-state index contributed by atoms with van der Waals surface area (Å²) in [5.41, 5.74) is 5.09. The number of aromatic nitrogens is 3. The van der Waals surface area contributed by atoms with E-state index in [1.807, 2.05) is 0 Å². The molecule has 2 aromatic heterocycles. The van der Waals surface area contributed by atoms with Crippen molar-refractivity contribution in [1.29, 1.82) is 0 Å². The molecule has 6 N–H and O–H groups in total. The zero-order valence-electron chi connectivity index (χ0n) is 17.1. The molecule has 3 rings (SSSR count). The maximum Gasteiger partial charge on any atom is 0.320 e. The van der Waals surface area contributed by atoms with Crippen LogP contribution in [0.3, 0.4) is 0 Å². The Balaban J connectivity index is 1.69. The van der Waals surface area contributed by atoms with Gasteiger partial charge in [-0.05, 0) is 24.2 Å². The summed E-state index contributed by atoms with van der Waals surface area (Å²) in [7, 11) is 0. The second-order valence-corrected chi connectivity index (χ2v) is 9.05. The van der Waals surface area contributed by atoms with Crippen molar-refractivity contribution < 1.29 is 24.9 Å². The topological polar surface area (TPSA) is 156 Å². The van der Waals surface area contributed by atoms with Crippen LogP contribution in [0.4, 0.5) is 5.82 Å². The minimum Gasteiger partial charge on any atom is -0.480 e. The number of nitrogens with two attached hydrogens (primary N) is 1. The lowest BCUT2D eigenvalue weighted by atomic mass is 10.1. The van der Waals surface area contributed by atoms with E-state index in [1.54, 1.807) is 12.3 Å². The molecule has 0 amide bonds. The van der Waals surface area contributed by atoms with E-state index >= 15 is 0 Å². The van der Waals surface area contributed by atoms with Crippen LogP contribution >= 0.6 is 11.8 Å². The number of hydrogen-bond acceptors (Lipinski definition) is 9. The number of ether oxygens (including phenoxy) is 1. The number of carboxylic acids is 1. The summed E-state index contributed by atoms with van der Waals surface area (Å²) in [4.78, 5) is 19.5. The number of nitrogens with one attached hydrogen (secondary N) is 1. The molecule has 4 atom stereocenters. The van der Waals surface area contributed by atoms with Gasteiger partial charge in [-0.25, -0.2) is 9.97 Å². The molecular formula is C19H29N5O5S. The average molecular weight is 440 g/mol. The normalized spacial score (nSPS) is 25.1. The van der Waals surface area contributed by atoms with Gasteiger partial charge in [-0.2, -0.15) is 11.8 Å². The number of anilines is 1. The SMILES string of the molecule is CC(C)CNc1nccc2c1ncn2C1(O)COC(CSCCC(N)C(=O)O)C1O. The summed E-state index contributed by atoms with van der Waals surface area (Å²) in [6.07, 6.45) is 1.67. The zero-order valence-corrected chi connectivity index (χ0v) is 17.9. The number of carboxylic acid groups (broad SMARTS) is 1. The first-order valence-electron chi connectivity index (χ1n) is 9.88. The highest BCUT2D eigenvalue weighted by Gasteiger charge is 2.50. The third kappa shape index (κ3) is 4.70. The smallest absolute Gasteiger partial charge is 0.320 e. The Kier molecular flexibility index (Phi) is 7.19. The Morgan fingerprint density at radius 3 is 2.97 bits per heavy atom. The number of rotatable bonds is 10. The summed E-state index contributed by atoms with van der Waals surface area (Å²) in [6, 6.07) is 0.830. The van der Waals surface area contributed by atoms with Crippen molar-refractivity contribution in [1.82, 2.24) is 14.5 Å². The quantitative estimate of drug-likeness (QED) is 0.329. The van der Waals surface area contributed by atoms with E-state index < -0.39 is 29.9 Å². The highest BCUT2D eigenvalue weighted by Crippen LogP contribution is 2.34. The molecule has 0 aliphatic carbocycles. The van der Waals surface area contributed by atoms with Crippen molar-refractivity contribution in [3.63, 3.8) is 0 Å². The molecule has 1 saturated heterocycles. The van der Waals surface area contributed by atoms with Gasteiger partial charge in [0.25, 0.3) is 0 Å². The minimum absolute atomic E-state index is 0.0867. The highest BCUT2D eigenvalue weighted by atomic mass is 32.2. The monoisotopic (exact) mass is 439 g/mol. The number of aliphatic hydroxyl groups is 2. The molecule has 2 aromatic rings. The van der Waals surface area contributed by atoms with Gasteiger partial charge in [-0.3, -0.25) is 9.36 Å². The van der Waals surface area contributed by atoms with Gasteiger partial charge in [0.2, 0.25) is 0 Å². The van der Waals surface area contributed by atoms with Gasteiger partial charge in [0, 0.05) is 18.5 Å². The van der Waals surface area contributed by atoms with Crippen LogP contribution in [-0.2, 0) is 15.3 Å². The van der Waals surface area contributed by atoms with Gasteiger partial charge < -0.3 is 31.1 Å². The number of imidazole rings is 1. The zero-order chi connectivity index (χ0) is 21.9. The van der Waals surface area contributed by atoms with Crippen molar-refractivity contribution in [2.45, 2.75) is 44.2 Å². The van der Waals surface area contributed by atoms with Crippen molar-refractivity contribution in [3.05, 3.63) is 18.6 Å². The second-order valence-electron chi connectivity index (χ2n) is 7.90. The maximum absolute atomic E-state index is 11.2. The summed E-state index contributed by atoms with van der Waals surface area (Å²) >= 11 is 1.43. The predicted octanol–water partition coefficient (Wildman–Crippen LogP) is 0.439. The Bertz CT molecular complexity index is 878. The summed E-state index contributed by atoms with van der Waals surface area (Å²) < 4.78 is 7.20. The number of fused-ring (bicyclic) bond motifs is 1. The molecule has 0 saturated carbocycles. The van der Waals surface area contributed by atoms with Gasteiger partial charge in [-0.1, -0.05) is 13.8 Å². The molecule has 30 heavy (non-hydrogen) atoms. The molecule has 1 aliphatic rings. The molecule has 1 fully saturated rings. The van der Waals surface area contributed by atoms with Gasteiger partial charge >= 0.3 is 5.97 Å². The molecule has 0 aromatic carbocycles. The van der Waals surface area contributed by atoms with Crippen LogP contribution in [0.1, 0.15) is 20.3 Å². The van der Waals surface area contributed by atoms with Crippen LogP contribution in [0.5, 0.6) is 0 Å². The Morgan fingerprint density at radius 2 is 2.27 bits per heavy atom. The van der Waals surface area contributed by atoms with E-state index in [4.69, 9.17) is 15.6 Å². The average Bonchev–Trinajstić information content (AvgIpc) is 3.26. The molecule has 0 radical (unpaired) electrons. The number of carbonyl (C=O) groups is 1. The van der Waals surface area contributed by atoms with Gasteiger partial charge in [-0.15, -0.1) is 0 Å². The Morgan fingerprint density at radius 1 is 1.50 bits per heavy atom. The van der Waals surface area contributed by atoms with Crippen LogP contribution < -0.4 is 11.1 Å². The third-order valence-electron chi connectivity index (χ3n) is 5.07. The first-order chi connectivity index (χ1) is 14.2. The molecular weight excluding hydrogens is 410 g/mol. The first kappa shape index (κ1) is 22.8. The fourth-order valence-electron chi connectivity index (χ4n) is 3.27. The van der Waals surface area contributed by atoms with Gasteiger partial charge in [0.05, 0.1) is 24.6 Å². The van der Waals surface area contributed by atoms with Crippen LogP contribution in [0.2, 0.25) is 0 Å². The van der Waals surface area contributed by atoms with Crippen LogP contribution in [-0.4, -0.2) is 78.7 Å². The second kappa shape index (κ2) is 9.48. The van der Waals surface area contributed by atoms with Crippen LogP contribution in [0, 0.1) is 5.92 Å². The van der Waals surface area contributed by atoms with Crippen LogP contribution in [0.15, 0.2) is 18.6 Å². The van der Waals surface area contributed by atoms with E-state index in [9.17, 15) is 15.0 Å². The molecule has 4 unspecified atom stereocenters. The first-order valence-corrected chi connectivity index (χ1v) is 11.0. The standard InChI is InChI=1S/C19H29N5O5S/c1-11(2)7-22-17-15-13(3-5-21-17)24(10-23-15)19(28)9-29-14(16(19)25)8-30-6-4-12(20)18(26)27/h3,5,10-12,14,16,25,28H,4,6-9,20H2,1-2H3,(H,21,22)(H,26,27). The molecule has 3 heterocycles. The Hall–Kier alpha value is -1.92. The lowest BCUT2D eigenvalue weighted by Crippen LogP contribution is -2.46. The van der Waals surface area contributed by atoms with Crippen LogP contribution in [0.25, 0.3) is 11.0 Å². The minimum atomic E-state index is -1.66. The van der Waals surface area contributed by atoms with E-state index in [0.717, 1.165) is 6.54 Å². The lowest BCUT2D eigenvalue weighted by molar-refractivity contribution is -0.138. The van der Waals surface area contributed by atoms with E-state index in [1.165, 1.54) is 22.7 Å². The van der Waals surface area contributed by atoms with Gasteiger partial charge in [0.1, 0.15) is 17.7 Å². The van der Waals surface area contributed by atoms with E-state index in [0.29, 0.717) is 40.7 Å². The Labute approximate surface area is 178 Å². The largest absolute Gasteiger partial charge is 0.480 e. The number of pyridine rings is 1. The van der Waals surface area contributed by atoms with Crippen molar-refractivity contribution >= 4 is 34.6 Å². The maximum atomic E-state index is 11.2. The molecule has 1 aliphatic heterocycles. The molecule has 0 bridgehead atoms. The number of aliphatic carboxylic acids is 1. The summed E-state index contributed by atoms with van der Waals surface area (Å²) in [5, 5.41) is 34.1. The molecule has 10 nitrogen and oxygen atoms in total. The number of hydrogen-bond donors (Lipinski definition) is 5. The summed E-state index contributed by atoms with van der Waals surface area (Å²) in [6.45, 7) is 4.83. The number of aliphatic hydroxyl groups excluding tert-OH is 1. The van der Waals surface area contributed by atoms with E-state index in [-0.39, 0.29) is 6.61 Å². The predicted molar refractivity (Wildman–Crippen MR) is 114 cm³/mol.